The smallest absolute Gasteiger partial charge is 0.338 e. The van der Waals surface area contributed by atoms with Crippen LogP contribution in [0.4, 0.5) is 0 Å². The van der Waals surface area contributed by atoms with E-state index in [1.54, 1.807) is 12.1 Å². The highest BCUT2D eigenvalue weighted by molar-refractivity contribution is 7.89. The molecule has 29 heavy (non-hydrogen) atoms. The van der Waals surface area contributed by atoms with Gasteiger partial charge in [-0.3, -0.25) is 4.79 Å². The van der Waals surface area contributed by atoms with E-state index in [-0.39, 0.29) is 29.9 Å². The Bertz CT molecular complexity index is 921. The van der Waals surface area contributed by atoms with Crippen LogP contribution < -0.4 is 5.32 Å². The van der Waals surface area contributed by atoms with Crippen LogP contribution in [0.15, 0.2) is 54.6 Å². The molecule has 2 aromatic rings. The maximum absolute atomic E-state index is 12.3. The minimum atomic E-state index is -3.14. The number of hydrogen-bond donors (Lipinski definition) is 1. The number of sulfone groups is 1. The van der Waals surface area contributed by atoms with E-state index in [9.17, 15) is 18.0 Å². The van der Waals surface area contributed by atoms with Gasteiger partial charge in [0.2, 0.25) is 0 Å². The zero-order chi connectivity index (χ0) is 21.4. The highest BCUT2D eigenvalue weighted by Crippen LogP contribution is 2.21. The number of esters is 1. The van der Waals surface area contributed by atoms with Crippen LogP contribution in [0, 0.1) is 5.92 Å². The topological polar surface area (TPSA) is 89.5 Å². The fourth-order valence-corrected chi connectivity index (χ4v) is 3.72. The lowest BCUT2D eigenvalue weighted by Crippen LogP contribution is -2.33. The molecule has 0 unspecified atom stereocenters. The van der Waals surface area contributed by atoms with E-state index in [1.165, 1.54) is 12.1 Å². The van der Waals surface area contributed by atoms with Gasteiger partial charge in [0, 0.05) is 6.26 Å². The number of carbonyl (C=O) groups excluding carboxylic acids is 2. The third-order valence-corrected chi connectivity index (χ3v) is 5.05. The number of ether oxygens (including phenoxy) is 1. The molecule has 2 aromatic carbocycles. The molecule has 0 aliphatic carbocycles. The van der Waals surface area contributed by atoms with Crippen LogP contribution in [0.3, 0.4) is 0 Å². The Morgan fingerprint density at radius 2 is 1.62 bits per heavy atom. The van der Waals surface area contributed by atoms with Crippen molar-refractivity contribution in [1.82, 2.24) is 5.32 Å². The van der Waals surface area contributed by atoms with Crippen LogP contribution in [0.25, 0.3) is 0 Å². The molecule has 7 heteroatoms. The molecule has 0 fully saturated rings. The summed E-state index contributed by atoms with van der Waals surface area (Å²) in [5, 5.41) is 2.92. The summed E-state index contributed by atoms with van der Waals surface area (Å²) in [6.07, 6.45) is 1.92. The molecule has 0 aromatic heterocycles. The SMILES string of the molecule is CC(C)C[C@@H](NC(=O)COC(=O)c1ccc(CS(C)(=O)=O)cc1)c1ccccc1. The van der Waals surface area contributed by atoms with Gasteiger partial charge in [0.15, 0.2) is 16.4 Å². The summed E-state index contributed by atoms with van der Waals surface area (Å²) in [5.41, 5.74) is 1.85. The molecule has 2 rings (SSSR count). The summed E-state index contributed by atoms with van der Waals surface area (Å²) in [7, 11) is -3.14. The van der Waals surface area contributed by atoms with Crippen molar-refractivity contribution in [3.05, 3.63) is 71.3 Å². The van der Waals surface area contributed by atoms with Gasteiger partial charge in [0.1, 0.15) is 0 Å². The second-order valence-corrected chi connectivity index (χ2v) is 9.64. The number of benzene rings is 2. The lowest BCUT2D eigenvalue weighted by molar-refractivity contribution is -0.125. The third-order valence-electron chi connectivity index (χ3n) is 4.20. The first-order valence-corrected chi connectivity index (χ1v) is 11.5. The fourth-order valence-electron chi connectivity index (χ4n) is 2.93. The Kier molecular flexibility index (Phi) is 7.96. The van der Waals surface area contributed by atoms with Gasteiger partial charge >= 0.3 is 5.97 Å². The lowest BCUT2D eigenvalue weighted by atomic mass is 9.97. The highest BCUT2D eigenvalue weighted by Gasteiger charge is 2.17. The van der Waals surface area contributed by atoms with Gasteiger partial charge in [0.05, 0.1) is 17.4 Å². The first kappa shape index (κ1) is 22.6. The summed E-state index contributed by atoms with van der Waals surface area (Å²) < 4.78 is 27.7. The quantitative estimate of drug-likeness (QED) is 0.633. The molecule has 0 radical (unpaired) electrons. The molecule has 1 atom stereocenters. The zero-order valence-corrected chi connectivity index (χ0v) is 17.7. The first-order chi connectivity index (χ1) is 13.6. The number of rotatable bonds is 9. The van der Waals surface area contributed by atoms with Crippen LogP contribution >= 0.6 is 0 Å². The molecule has 0 spiro atoms. The van der Waals surface area contributed by atoms with Gasteiger partial charge in [-0.2, -0.15) is 0 Å². The normalized spacial score (nSPS) is 12.4. The molecule has 0 bridgehead atoms. The predicted octanol–water partition coefficient (Wildman–Crippen LogP) is 3.29. The van der Waals surface area contributed by atoms with Crippen molar-refractivity contribution in [3.63, 3.8) is 0 Å². The summed E-state index contributed by atoms with van der Waals surface area (Å²) >= 11 is 0. The molecular weight excluding hydrogens is 390 g/mol. The van der Waals surface area contributed by atoms with E-state index in [2.05, 4.69) is 19.2 Å². The molecule has 156 valence electrons. The molecule has 1 amide bonds. The molecule has 0 saturated heterocycles. The van der Waals surface area contributed by atoms with Gasteiger partial charge in [-0.25, -0.2) is 13.2 Å². The Balaban J connectivity index is 1.92. The second kappa shape index (κ2) is 10.2. The third kappa shape index (κ3) is 8.07. The molecular formula is C22H27NO5S. The molecule has 6 nitrogen and oxygen atoms in total. The molecule has 1 N–H and O–H groups in total. The van der Waals surface area contributed by atoms with Crippen LogP contribution in [0.5, 0.6) is 0 Å². The van der Waals surface area contributed by atoms with E-state index >= 15 is 0 Å². The number of hydrogen-bond acceptors (Lipinski definition) is 5. The standard InChI is InChI=1S/C22H27NO5S/c1-16(2)13-20(18-7-5-4-6-8-18)23-21(24)14-28-22(25)19-11-9-17(10-12-19)15-29(3,26)27/h4-12,16,20H,13-15H2,1-3H3,(H,23,24)/t20-/m1/s1. The summed E-state index contributed by atoms with van der Waals surface area (Å²) in [5.74, 6) is -0.720. The molecule has 0 saturated carbocycles. The minimum Gasteiger partial charge on any atom is -0.452 e. The van der Waals surface area contributed by atoms with Crippen LogP contribution in [-0.2, 0) is 25.1 Å². The van der Waals surface area contributed by atoms with E-state index < -0.39 is 15.8 Å². The largest absolute Gasteiger partial charge is 0.452 e. The van der Waals surface area contributed by atoms with E-state index in [0.717, 1.165) is 18.2 Å². The van der Waals surface area contributed by atoms with Crippen LogP contribution in [-0.4, -0.2) is 33.2 Å². The summed E-state index contributed by atoms with van der Waals surface area (Å²) in [4.78, 5) is 24.5. The van der Waals surface area contributed by atoms with E-state index in [1.807, 2.05) is 30.3 Å². The van der Waals surface area contributed by atoms with E-state index in [4.69, 9.17) is 4.74 Å². The Hall–Kier alpha value is -2.67. The van der Waals surface area contributed by atoms with Gasteiger partial charge in [-0.1, -0.05) is 56.3 Å². The zero-order valence-electron chi connectivity index (χ0n) is 16.9. The Morgan fingerprint density at radius 3 is 2.17 bits per heavy atom. The molecule has 0 aliphatic rings. The van der Waals surface area contributed by atoms with Crippen molar-refractivity contribution in [2.45, 2.75) is 32.1 Å². The van der Waals surface area contributed by atoms with Gasteiger partial charge in [0.25, 0.3) is 5.91 Å². The predicted molar refractivity (Wildman–Crippen MR) is 112 cm³/mol. The van der Waals surface area contributed by atoms with Crippen molar-refractivity contribution in [1.29, 1.82) is 0 Å². The number of amides is 1. The second-order valence-electron chi connectivity index (χ2n) is 7.50. The Labute approximate surface area is 172 Å². The summed E-state index contributed by atoms with van der Waals surface area (Å²) in [6.45, 7) is 3.77. The average Bonchev–Trinajstić information content (AvgIpc) is 2.65. The number of carbonyl (C=O) groups is 2. The lowest BCUT2D eigenvalue weighted by Gasteiger charge is -2.21. The van der Waals surface area contributed by atoms with Crippen molar-refractivity contribution < 1.29 is 22.7 Å². The first-order valence-electron chi connectivity index (χ1n) is 9.42. The molecule has 0 heterocycles. The van der Waals surface area contributed by atoms with Crippen molar-refractivity contribution >= 4 is 21.7 Å². The monoisotopic (exact) mass is 417 g/mol. The van der Waals surface area contributed by atoms with Gasteiger partial charge in [-0.05, 0) is 35.6 Å². The van der Waals surface area contributed by atoms with Gasteiger partial charge < -0.3 is 10.1 Å². The average molecular weight is 418 g/mol. The highest BCUT2D eigenvalue weighted by atomic mass is 32.2. The maximum Gasteiger partial charge on any atom is 0.338 e. The minimum absolute atomic E-state index is 0.0958. The van der Waals surface area contributed by atoms with Gasteiger partial charge in [-0.15, -0.1) is 0 Å². The van der Waals surface area contributed by atoms with Crippen molar-refractivity contribution in [2.75, 3.05) is 12.9 Å². The van der Waals surface area contributed by atoms with Crippen LogP contribution in [0.1, 0.15) is 47.8 Å². The number of nitrogens with one attached hydrogen (secondary N) is 1. The van der Waals surface area contributed by atoms with Crippen LogP contribution in [0.2, 0.25) is 0 Å². The van der Waals surface area contributed by atoms with E-state index in [0.29, 0.717) is 11.5 Å². The van der Waals surface area contributed by atoms with Crippen molar-refractivity contribution in [2.24, 2.45) is 5.92 Å². The summed E-state index contributed by atoms with van der Waals surface area (Å²) in [6, 6.07) is 15.6. The van der Waals surface area contributed by atoms with Crippen molar-refractivity contribution in [3.8, 4) is 0 Å². The fraction of sp³-hybridized carbons (Fsp3) is 0.364. The molecule has 0 aliphatic heterocycles. The Morgan fingerprint density at radius 1 is 1.00 bits per heavy atom. The maximum atomic E-state index is 12.3.